The summed E-state index contributed by atoms with van der Waals surface area (Å²) in [4.78, 5) is 10.6. The van der Waals surface area contributed by atoms with Gasteiger partial charge in [0.15, 0.2) is 0 Å². The van der Waals surface area contributed by atoms with Gasteiger partial charge in [0.05, 0.1) is 0 Å². The zero-order chi connectivity index (χ0) is 44.1. The van der Waals surface area contributed by atoms with E-state index in [-0.39, 0.29) is 10.8 Å². The van der Waals surface area contributed by atoms with Gasteiger partial charge in [-0.15, -0.1) is 0 Å². The van der Waals surface area contributed by atoms with Crippen LogP contribution < -0.4 is 0 Å². The minimum Gasteiger partial charge on any atom is -0.0877 e. The van der Waals surface area contributed by atoms with Crippen molar-refractivity contribution in [2.75, 3.05) is 0 Å². The maximum Gasteiger partial charge on any atom is 0.0341 e. The molecule has 2 aliphatic heterocycles. The van der Waals surface area contributed by atoms with Gasteiger partial charge in [0, 0.05) is 50.0 Å². The van der Waals surface area contributed by atoms with Gasteiger partial charge in [-0.05, 0) is 159 Å². The fraction of sp³-hybridized carbons (Fsp3) is 0.0968. The van der Waals surface area contributed by atoms with Crippen molar-refractivity contribution in [1.29, 1.82) is 0 Å². The second-order valence-corrected chi connectivity index (χ2v) is 23.4. The molecule has 0 nitrogen and oxygen atoms in total. The molecule has 0 unspecified atom stereocenters. The summed E-state index contributed by atoms with van der Waals surface area (Å²) in [6.07, 6.45) is 0. The summed E-state index contributed by atoms with van der Waals surface area (Å²) in [6.45, 7) is 9.93. The Kier molecular flexibility index (Phi) is 8.52. The van der Waals surface area contributed by atoms with Crippen molar-refractivity contribution in [1.82, 2.24) is 0 Å². The Morgan fingerprint density at radius 3 is 0.924 bits per heavy atom. The molecule has 0 spiro atoms. The molecule has 14 rings (SSSR count). The smallest absolute Gasteiger partial charge is 0.0341 e. The van der Waals surface area contributed by atoms with Crippen molar-refractivity contribution in [3.05, 3.63) is 204 Å². The Balaban J connectivity index is 1.11. The molecule has 2 heterocycles. The van der Waals surface area contributed by atoms with E-state index in [9.17, 15) is 0 Å². The number of fused-ring (bicyclic) bond motifs is 14. The summed E-state index contributed by atoms with van der Waals surface area (Å²) in [5.41, 5.74) is 10.3. The predicted octanol–water partition coefficient (Wildman–Crippen LogP) is 19.0. The molecule has 0 N–H and O–H groups in total. The lowest BCUT2D eigenvalue weighted by atomic mass is 9.59. The molecule has 11 aromatic carbocycles. The standard InChI is InChI=1S/C62H42S4/c1-61(2)47-31-43-37-19-7-5-17-35(37)36-18-6-8-20-38(36)44(43)32-48(47)62(3,4)50-34-46-45(33-49(50)61)57(41-23-15-29-55-59(41)65-53-27-13-11-25-51(53)63-55)39-21-9-10-22-40(39)58(46)42-24-16-30-56-60(42)66-54-28-14-12-26-52(54)64-56/h5-34H,1-4H3. The van der Waals surface area contributed by atoms with Gasteiger partial charge in [0.25, 0.3) is 0 Å². The van der Waals surface area contributed by atoms with E-state index in [4.69, 9.17) is 0 Å². The molecule has 0 aromatic heterocycles. The van der Waals surface area contributed by atoms with Gasteiger partial charge in [-0.2, -0.15) is 0 Å². The fourth-order valence-corrected chi connectivity index (χ4v) is 16.4. The minimum atomic E-state index is -0.292. The molecule has 66 heavy (non-hydrogen) atoms. The third-order valence-corrected chi connectivity index (χ3v) is 20.0. The highest BCUT2D eigenvalue weighted by Gasteiger charge is 2.43. The molecule has 0 radical (unpaired) electrons. The summed E-state index contributed by atoms with van der Waals surface area (Å²) >= 11 is 7.66. The predicted molar refractivity (Wildman–Crippen MR) is 285 cm³/mol. The van der Waals surface area contributed by atoms with E-state index in [0.29, 0.717) is 0 Å². The quantitative estimate of drug-likeness (QED) is 0.125. The van der Waals surface area contributed by atoms with Crippen LogP contribution in [0.1, 0.15) is 49.9 Å². The molecule has 0 fully saturated rings. The highest BCUT2D eigenvalue weighted by atomic mass is 32.2. The van der Waals surface area contributed by atoms with E-state index >= 15 is 0 Å². The summed E-state index contributed by atoms with van der Waals surface area (Å²) in [7, 11) is 0. The number of hydrogen-bond acceptors (Lipinski definition) is 4. The van der Waals surface area contributed by atoms with Crippen molar-refractivity contribution in [3.8, 4) is 22.3 Å². The largest absolute Gasteiger partial charge is 0.0877 e. The van der Waals surface area contributed by atoms with E-state index in [1.807, 2.05) is 47.0 Å². The maximum atomic E-state index is 2.64. The molecular formula is C62H42S4. The average Bonchev–Trinajstić information content (AvgIpc) is 3.35. The number of rotatable bonds is 2. The molecular weight excluding hydrogens is 873 g/mol. The Morgan fingerprint density at radius 2 is 0.545 bits per heavy atom. The summed E-state index contributed by atoms with van der Waals surface area (Å²) in [5.74, 6) is 0. The van der Waals surface area contributed by atoms with Crippen molar-refractivity contribution in [2.45, 2.75) is 77.7 Å². The van der Waals surface area contributed by atoms with Gasteiger partial charge in [0.2, 0.25) is 0 Å². The van der Waals surface area contributed by atoms with Gasteiger partial charge in [-0.3, -0.25) is 0 Å². The molecule has 0 amide bonds. The Bertz CT molecular complexity index is 3690. The minimum absolute atomic E-state index is 0.292. The van der Waals surface area contributed by atoms with Crippen molar-refractivity contribution in [2.24, 2.45) is 0 Å². The third kappa shape index (κ3) is 5.53. The molecule has 11 aromatic rings. The van der Waals surface area contributed by atoms with Crippen LogP contribution in [0, 0.1) is 0 Å². The van der Waals surface area contributed by atoms with E-state index in [1.54, 1.807) is 0 Å². The van der Waals surface area contributed by atoms with Gasteiger partial charge >= 0.3 is 0 Å². The normalized spacial score (nSPS) is 15.3. The first-order chi connectivity index (χ1) is 32.2. The van der Waals surface area contributed by atoms with E-state index in [2.05, 4.69) is 210 Å². The molecule has 1 aliphatic carbocycles. The van der Waals surface area contributed by atoms with Crippen molar-refractivity contribution < 1.29 is 0 Å². The van der Waals surface area contributed by atoms with Gasteiger partial charge in [-0.1, -0.05) is 196 Å². The molecule has 4 heteroatoms. The summed E-state index contributed by atoms with van der Waals surface area (Å²) in [5, 5.41) is 13.2. The van der Waals surface area contributed by atoms with E-state index < -0.39 is 0 Å². The highest BCUT2D eigenvalue weighted by molar-refractivity contribution is 8.05. The number of benzene rings is 11. The van der Waals surface area contributed by atoms with Crippen LogP contribution in [0.2, 0.25) is 0 Å². The van der Waals surface area contributed by atoms with Crippen molar-refractivity contribution in [3.63, 3.8) is 0 Å². The lowest BCUT2D eigenvalue weighted by Gasteiger charge is -2.44. The summed E-state index contributed by atoms with van der Waals surface area (Å²) < 4.78 is 0. The molecule has 0 saturated carbocycles. The summed E-state index contributed by atoms with van der Waals surface area (Å²) in [6, 6.07) is 69.5. The van der Waals surface area contributed by atoms with Crippen LogP contribution in [-0.4, -0.2) is 0 Å². The number of hydrogen-bond donors (Lipinski definition) is 0. The second-order valence-electron chi connectivity index (χ2n) is 19.1. The van der Waals surface area contributed by atoms with Crippen LogP contribution in [0.25, 0.3) is 76.1 Å². The first-order valence-corrected chi connectivity index (χ1v) is 26.1. The molecule has 3 aliphatic rings. The van der Waals surface area contributed by atoms with Crippen molar-refractivity contribution >= 4 is 101 Å². The topological polar surface area (TPSA) is 0 Å². The molecule has 0 bridgehead atoms. The zero-order valence-corrected chi connectivity index (χ0v) is 40.2. The first-order valence-electron chi connectivity index (χ1n) is 22.8. The monoisotopic (exact) mass is 914 g/mol. The van der Waals surface area contributed by atoms with E-state index in [1.165, 1.54) is 138 Å². The third-order valence-electron chi connectivity index (χ3n) is 14.8. The van der Waals surface area contributed by atoms with Crippen LogP contribution in [0.5, 0.6) is 0 Å². The first kappa shape index (κ1) is 39.3. The molecule has 0 atom stereocenters. The Hall–Kier alpha value is -5.88. The lowest BCUT2D eigenvalue weighted by molar-refractivity contribution is 0.523. The lowest BCUT2D eigenvalue weighted by Crippen LogP contribution is -2.36. The SMILES string of the molecule is CC1(C)c2cc3c(-c4cccc5c4Sc4ccccc4S5)c4ccccc4c(-c4cccc5c4Sc4ccccc4S5)c3cc2C(C)(C)c2cc3c4ccccc4c4ccccc4c3cc21. The van der Waals surface area contributed by atoms with Gasteiger partial charge in [-0.25, -0.2) is 0 Å². The van der Waals surface area contributed by atoms with Crippen LogP contribution in [0.4, 0.5) is 0 Å². The van der Waals surface area contributed by atoms with Crippen LogP contribution in [-0.2, 0) is 10.8 Å². The van der Waals surface area contributed by atoms with E-state index in [0.717, 1.165) is 0 Å². The maximum absolute atomic E-state index is 2.64. The van der Waals surface area contributed by atoms with Gasteiger partial charge < -0.3 is 0 Å². The van der Waals surface area contributed by atoms with Crippen LogP contribution >= 0.6 is 47.0 Å². The Morgan fingerprint density at radius 1 is 0.258 bits per heavy atom. The van der Waals surface area contributed by atoms with Crippen LogP contribution in [0.15, 0.2) is 221 Å². The van der Waals surface area contributed by atoms with Crippen LogP contribution in [0.3, 0.4) is 0 Å². The second kappa shape index (κ2) is 14.3. The zero-order valence-electron chi connectivity index (χ0n) is 37.0. The molecule has 314 valence electrons. The fourth-order valence-electron chi connectivity index (χ4n) is 11.6. The average molecular weight is 915 g/mol. The highest BCUT2D eigenvalue weighted by Crippen LogP contribution is 2.59. The molecule has 0 saturated heterocycles. The van der Waals surface area contributed by atoms with Gasteiger partial charge in [0.1, 0.15) is 0 Å². The Labute approximate surface area is 402 Å².